The fraction of sp³-hybridized carbons (Fsp3) is 0.278. The van der Waals surface area contributed by atoms with Crippen LogP contribution in [0.2, 0.25) is 0 Å². The number of nitrogens with one attached hydrogen (secondary N) is 1. The van der Waals surface area contributed by atoms with Crippen molar-refractivity contribution in [1.29, 1.82) is 0 Å². The van der Waals surface area contributed by atoms with E-state index in [-0.39, 0.29) is 34.2 Å². The molecule has 0 radical (unpaired) electrons. The van der Waals surface area contributed by atoms with Crippen LogP contribution in [0.25, 0.3) is 11.4 Å². The van der Waals surface area contributed by atoms with Gasteiger partial charge in [-0.3, -0.25) is 4.79 Å². The fourth-order valence-electron chi connectivity index (χ4n) is 2.27. The molecule has 3 rings (SSSR count). The number of aromatic nitrogens is 2. The summed E-state index contributed by atoms with van der Waals surface area (Å²) in [6, 6.07) is 8.60. The Labute approximate surface area is 167 Å². The maximum Gasteiger partial charge on any atom is 0.416 e. The topological polar surface area (TPSA) is 68.0 Å². The highest BCUT2D eigenvalue weighted by atomic mass is 32.2. The van der Waals surface area contributed by atoms with Gasteiger partial charge in [0.2, 0.25) is 17.6 Å². The van der Waals surface area contributed by atoms with E-state index in [1.54, 1.807) is 18.3 Å². The molecule has 1 amide bonds. The molecular weight excluding hydrogens is 411 g/mol. The molecule has 0 aliphatic rings. The lowest BCUT2D eigenvalue weighted by atomic mass is 10.1. The zero-order chi connectivity index (χ0) is 20.1. The highest BCUT2D eigenvalue weighted by Crippen LogP contribution is 2.31. The van der Waals surface area contributed by atoms with Crippen LogP contribution in [0.4, 0.5) is 13.2 Å². The smallest absolute Gasteiger partial charge is 0.350 e. The Hall–Kier alpha value is -2.33. The Balaban J connectivity index is 1.55. The Bertz CT molecular complexity index is 926. The fourth-order valence-corrected chi connectivity index (χ4v) is 3.66. The number of hydrogen-bond acceptors (Lipinski definition) is 6. The number of nitrogens with zero attached hydrogens (tertiary/aromatic N) is 2. The van der Waals surface area contributed by atoms with Gasteiger partial charge in [0.1, 0.15) is 0 Å². The number of alkyl halides is 3. The number of carbonyl (C=O) groups excluding carboxylic acids is 1. The molecule has 1 aromatic carbocycles. The zero-order valence-corrected chi connectivity index (χ0v) is 16.3. The molecule has 5 nitrogen and oxygen atoms in total. The Kier molecular flexibility index (Phi) is 6.40. The summed E-state index contributed by atoms with van der Waals surface area (Å²) < 4.78 is 43.6. The van der Waals surface area contributed by atoms with Crippen LogP contribution in [0.1, 0.15) is 23.3 Å². The Morgan fingerprint density at radius 1 is 1.32 bits per heavy atom. The van der Waals surface area contributed by atoms with Crippen molar-refractivity contribution in [1.82, 2.24) is 15.5 Å². The molecule has 0 aliphatic heterocycles. The lowest BCUT2D eigenvalue weighted by molar-refractivity contribution is -0.137. The van der Waals surface area contributed by atoms with Gasteiger partial charge < -0.3 is 9.84 Å². The second-order valence-electron chi connectivity index (χ2n) is 5.84. The van der Waals surface area contributed by atoms with Gasteiger partial charge in [-0.15, -0.1) is 23.1 Å². The van der Waals surface area contributed by atoms with E-state index < -0.39 is 11.7 Å². The number of halogens is 3. The number of amides is 1. The number of carbonyl (C=O) groups is 1. The standard InChI is InChI=1S/C18H16F3N3O2S2/c1-11(17(25)22-9-14-6-3-7-27-14)28-10-15-23-16(24-26-15)12-4-2-5-13(8-12)18(19,20)21/h2-8,11H,9-10H2,1H3,(H,22,25). The molecule has 0 bridgehead atoms. The first kappa shape index (κ1) is 20.4. The summed E-state index contributed by atoms with van der Waals surface area (Å²) in [4.78, 5) is 17.3. The minimum Gasteiger partial charge on any atom is -0.350 e. The molecule has 3 aromatic rings. The summed E-state index contributed by atoms with van der Waals surface area (Å²) in [6.45, 7) is 2.24. The molecule has 0 saturated heterocycles. The van der Waals surface area contributed by atoms with Crippen molar-refractivity contribution in [3.05, 3.63) is 58.1 Å². The molecule has 0 saturated carbocycles. The number of thiophene rings is 1. The first-order valence-corrected chi connectivity index (χ1v) is 10.2. The molecule has 1 N–H and O–H groups in total. The van der Waals surface area contributed by atoms with Gasteiger partial charge in [0, 0.05) is 10.4 Å². The van der Waals surface area contributed by atoms with Crippen molar-refractivity contribution in [3.8, 4) is 11.4 Å². The summed E-state index contributed by atoms with van der Waals surface area (Å²) in [5.41, 5.74) is -0.557. The summed E-state index contributed by atoms with van der Waals surface area (Å²) in [6.07, 6.45) is -4.44. The van der Waals surface area contributed by atoms with Crippen molar-refractivity contribution in [2.45, 2.75) is 30.6 Å². The van der Waals surface area contributed by atoms with E-state index in [1.807, 2.05) is 17.5 Å². The zero-order valence-electron chi connectivity index (χ0n) is 14.7. The molecule has 2 heterocycles. The van der Waals surface area contributed by atoms with E-state index in [9.17, 15) is 18.0 Å². The predicted molar refractivity (Wildman–Crippen MR) is 102 cm³/mol. The number of hydrogen-bond donors (Lipinski definition) is 1. The van der Waals surface area contributed by atoms with Gasteiger partial charge in [-0.05, 0) is 30.5 Å². The van der Waals surface area contributed by atoms with Crippen molar-refractivity contribution in [2.75, 3.05) is 0 Å². The number of thioether (sulfide) groups is 1. The van der Waals surface area contributed by atoms with Crippen LogP contribution in [0.15, 0.2) is 46.3 Å². The van der Waals surface area contributed by atoms with Crippen LogP contribution in [-0.4, -0.2) is 21.3 Å². The van der Waals surface area contributed by atoms with Gasteiger partial charge >= 0.3 is 6.18 Å². The normalized spacial score (nSPS) is 12.7. The lowest BCUT2D eigenvalue weighted by Crippen LogP contribution is -2.30. The number of benzene rings is 1. The summed E-state index contributed by atoms with van der Waals surface area (Å²) >= 11 is 2.87. The summed E-state index contributed by atoms with van der Waals surface area (Å²) in [5, 5.41) is 8.18. The van der Waals surface area contributed by atoms with E-state index in [0.29, 0.717) is 6.54 Å². The molecule has 148 valence electrons. The van der Waals surface area contributed by atoms with Crippen LogP contribution >= 0.6 is 23.1 Å². The highest BCUT2D eigenvalue weighted by molar-refractivity contribution is 7.99. The molecule has 0 spiro atoms. The average Bonchev–Trinajstić information content (AvgIpc) is 3.35. The molecule has 0 fully saturated rings. The molecule has 1 atom stereocenters. The molecule has 10 heteroatoms. The second-order valence-corrected chi connectivity index (χ2v) is 8.20. The third-order valence-electron chi connectivity index (χ3n) is 3.76. The van der Waals surface area contributed by atoms with Gasteiger partial charge in [0.15, 0.2) is 0 Å². The third-order valence-corrected chi connectivity index (χ3v) is 5.76. The first-order chi connectivity index (χ1) is 13.3. The van der Waals surface area contributed by atoms with Gasteiger partial charge in [0.25, 0.3) is 0 Å². The maximum absolute atomic E-state index is 12.8. The molecular formula is C18H16F3N3O2S2. The summed E-state index contributed by atoms with van der Waals surface area (Å²) in [7, 11) is 0. The van der Waals surface area contributed by atoms with Crippen molar-refractivity contribution in [2.24, 2.45) is 0 Å². The van der Waals surface area contributed by atoms with Crippen molar-refractivity contribution < 1.29 is 22.5 Å². The minimum atomic E-state index is -4.44. The van der Waals surface area contributed by atoms with E-state index in [0.717, 1.165) is 17.0 Å². The molecule has 28 heavy (non-hydrogen) atoms. The van der Waals surface area contributed by atoms with Gasteiger partial charge in [-0.25, -0.2) is 0 Å². The number of rotatable bonds is 7. The predicted octanol–water partition coefficient (Wildman–Crippen LogP) is 4.76. The Morgan fingerprint density at radius 2 is 2.14 bits per heavy atom. The highest BCUT2D eigenvalue weighted by Gasteiger charge is 2.30. The third kappa shape index (κ3) is 5.35. The molecule has 2 aromatic heterocycles. The average molecular weight is 427 g/mol. The van der Waals surface area contributed by atoms with Crippen molar-refractivity contribution >= 4 is 29.0 Å². The molecule has 0 aliphatic carbocycles. The maximum atomic E-state index is 12.8. The van der Waals surface area contributed by atoms with Gasteiger partial charge in [-0.1, -0.05) is 23.4 Å². The van der Waals surface area contributed by atoms with Gasteiger partial charge in [0.05, 0.1) is 23.1 Å². The van der Waals surface area contributed by atoms with Crippen LogP contribution in [0, 0.1) is 0 Å². The lowest BCUT2D eigenvalue weighted by Gasteiger charge is -2.10. The van der Waals surface area contributed by atoms with Crippen LogP contribution in [0.5, 0.6) is 0 Å². The summed E-state index contributed by atoms with van der Waals surface area (Å²) in [5.74, 6) is 0.488. The van der Waals surface area contributed by atoms with Crippen molar-refractivity contribution in [3.63, 3.8) is 0 Å². The SMILES string of the molecule is CC(SCc1nc(-c2cccc(C(F)(F)F)c2)no1)C(=O)NCc1cccs1. The van der Waals surface area contributed by atoms with E-state index in [2.05, 4.69) is 15.5 Å². The Morgan fingerprint density at radius 3 is 2.86 bits per heavy atom. The van der Waals surface area contributed by atoms with E-state index >= 15 is 0 Å². The second kappa shape index (κ2) is 8.78. The molecule has 1 unspecified atom stereocenters. The first-order valence-electron chi connectivity index (χ1n) is 8.25. The van der Waals surface area contributed by atoms with E-state index in [1.165, 1.54) is 23.9 Å². The quantitative estimate of drug-likeness (QED) is 0.589. The largest absolute Gasteiger partial charge is 0.416 e. The van der Waals surface area contributed by atoms with Crippen LogP contribution in [-0.2, 0) is 23.3 Å². The monoisotopic (exact) mass is 427 g/mol. The van der Waals surface area contributed by atoms with Gasteiger partial charge in [-0.2, -0.15) is 18.2 Å². The van der Waals surface area contributed by atoms with E-state index in [4.69, 9.17) is 4.52 Å². The van der Waals surface area contributed by atoms with Crippen LogP contribution < -0.4 is 5.32 Å². The minimum absolute atomic E-state index is 0.0801. The van der Waals surface area contributed by atoms with Crippen LogP contribution in [0.3, 0.4) is 0 Å².